The molecule has 0 saturated carbocycles. The highest BCUT2D eigenvalue weighted by Gasteiger charge is 2.17. The Labute approximate surface area is 167 Å². The van der Waals surface area contributed by atoms with Gasteiger partial charge in [0.2, 0.25) is 0 Å². The lowest BCUT2D eigenvalue weighted by molar-refractivity contribution is -0.145. The summed E-state index contributed by atoms with van der Waals surface area (Å²) in [5.41, 5.74) is -0.628. The summed E-state index contributed by atoms with van der Waals surface area (Å²) >= 11 is 0. The van der Waals surface area contributed by atoms with Crippen LogP contribution < -0.4 is 5.32 Å². The van der Waals surface area contributed by atoms with Crippen LogP contribution in [0.2, 0.25) is 0 Å². The first-order valence-corrected chi connectivity index (χ1v) is 9.96. The number of hydrogen-bond acceptors (Lipinski definition) is 6. The van der Waals surface area contributed by atoms with Gasteiger partial charge in [0.25, 0.3) is 0 Å². The van der Waals surface area contributed by atoms with Crippen LogP contribution in [0.1, 0.15) is 85.0 Å². The van der Waals surface area contributed by atoms with Crippen LogP contribution in [-0.4, -0.2) is 47.7 Å². The fraction of sp³-hybridized carbons (Fsp3) is 0.800. The van der Waals surface area contributed by atoms with Gasteiger partial charge in [-0.2, -0.15) is 0 Å². The topological polar surface area (TPSA) is 119 Å². The molecule has 0 aromatic heterocycles. The average Bonchev–Trinajstić information content (AvgIpc) is 2.58. The fourth-order valence-electron chi connectivity index (χ4n) is 2.34. The second kappa shape index (κ2) is 14.9. The van der Waals surface area contributed by atoms with Crippen molar-refractivity contribution in [2.45, 2.75) is 90.6 Å². The zero-order chi connectivity index (χ0) is 21.4. The highest BCUT2D eigenvalue weighted by atomic mass is 16.6. The Kier molecular flexibility index (Phi) is 13.8. The summed E-state index contributed by atoms with van der Waals surface area (Å²) in [6, 6.07) is 0. The van der Waals surface area contributed by atoms with Crippen molar-refractivity contribution in [2.24, 2.45) is 0 Å². The summed E-state index contributed by atoms with van der Waals surface area (Å²) in [5, 5.41) is 10.9. The Morgan fingerprint density at radius 1 is 0.821 bits per heavy atom. The summed E-state index contributed by atoms with van der Waals surface area (Å²) in [5.74, 6) is -1.42. The predicted molar refractivity (Wildman–Crippen MR) is 104 cm³/mol. The molecule has 2 N–H and O–H groups in total. The lowest BCUT2D eigenvalue weighted by Crippen LogP contribution is -2.35. The molecule has 0 spiro atoms. The first-order chi connectivity index (χ1) is 13.1. The van der Waals surface area contributed by atoms with Gasteiger partial charge in [-0.3, -0.25) is 14.4 Å². The van der Waals surface area contributed by atoms with Crippen molar-refractivity contribution in [3.05, 3.63) is 0 Å². The fourth-order valence-corrected chi connectivity index (χ4v) is 2.34. The molecule has 0 aliphatic rings. The van der Waals surface area contributed by atoms with E-state index in [1.807, 2.05) is 0 Å². The molecule has 0 aromatic carbocycles. The van der Waals surface area contributed by atoms with Crippen molar-refractivity contribution in [2.75, 3.05) is 13.2 Å². The van der Waals surface area contributed by atoms with E-state index >= 15 is 0 Å². The van der Waals surface area contributed by atoms with Gasteiger partial charge in [0.05, 0.1) is 19.6 Å². The Balaban J connectivity index is 3.53. The second-order valence-corrected chi connectivity index (χ2v) is 7.73. The third-order valence-electron chi connectivity index (χ3n) is 3.73. The number of ether oxygens (including phenoxy) is 2. The highest BCUT2D eigenvalue weighted by Crippen LogP contribution is 2.09. The average molecular weight is 402 g/mol. The number of carbonyl (C=O) groups excluding carboxylic acids is 3. The largest absolute Gasteiger partial charge is 0.481 e. The maximum atomic E-state index is 11.7. The smallest absolute Gasteiger partial charge is 0.408 e. The van der Waals surface area contributed by atoms with Crippen molar-refractivity contribution in [3.8, 4) is 0 Å². The number of carboxylic acids is 1. The van der Waals surface area contributed by atoms with Crippen LogP contribution in [0.4, 0.5) is 4.79 Å². The third kappa shape index (κ3) is 18.7. The number of alkyl carbamates (subject to hydrolysis) is 1. The van der Waals surface area contributed by atoms with Gasteiger partial charge in [0.15, 0.2) is 5.78 Å². The highest BCUT2D eigenvalue weighted by molar-refractivity contribution is 5.86. The molecule has 0 heterocycles. The molecule has 0 aromatic rings. The van der Waals surface area contributed by atoms with E-state index < -0.39 is 23.6 Å². The van der Waals surface area contributed by atoms with Crippen molar-refractivity contribution in [1.29, 1.82) is 0 Å². The number of esters is 1. The van der Waals surface area contributed by atoms with Gasteiger partial charge >= 0.3 is 18.0 Å². The number of amides is 1. The Morgan fingerprint density at radius 2 is 1.39 bits per heavy atom. The minimum absolute atomic E-state index is 0.00158. The van der Waals surface area contributed by atoms with Crippen LogP contribution >= 0.6 is 0 Å². The van der Waals surface area contributed by atoms with E-state index in [1.54, 1.807) is 20.8 Å². The summed E-state index contributed by atoms with van der Waals surface area (Å²) < 4.78 is 10.1. The van der Waals surface area contributed by atoms with Gasteiger partial charge in [0.1, 0.15) is 5.60 Å². The Morgan fingerprint density at radius 3 is 1.96 bits per heavy atom. The molecule has 1 amide bonds. The van der Waals surface area contributed by atoms with Gasteiger partial charge in [-0.25, -0.2) is 4.79 Å². The molecular weight excluding hydrogens is 366 g/mol. The number of unbranched alkanes of at least 4 members (excludes halogenated alkanes) is 6. The van der Waals surface area contributed by atoms with E-state index in [9.17, 15) is 19.2 Å². The normalized spacial score (nSPS) is 11.0. The van der Waals surface area contributed by atoms with E-state index in [0.29, 0.717) is 6.61 Å². The summed E-state index contributed by atoms with van der Waals surface area (Å²) in [4.78, 5) is 45.1. The van der Waals surface area contributed by atoms with Crippen LogP contribution in [0.15, 0.2) is 0 Å². The van der Waals surface area contributed by atoms with E-state index in [2.05, 4.69) is 5.32 Å². The number of rotatable bonds is 15. The molecule has 0 bridgehead atoms. The van der Waals surface area contributed by atoms with Gasteiger partial charge in [-0.15, -0.1) is 0 Å². The summed E-state index contributed by atoms with van der Waals surface area (Å²) in [6.45, 7) is 5.35. The van der Waals surface area contributed by atoms with Gasteiger partial charge in [0, 0.05) is 12.8 Å². The molecule has 0 radical (unpaired) electrons. The van der Waals surface area contributed by atoms with Gasteiger partial charge in [-0.1, -0.05) is 32.1 Å². The number of carboxylic acid groups (broad SMARTS) is 1. The zero-order valence-corrected chi connectivity index (χ0v) is 17.4. The number of carbonyl (C=O) groups is 4. The van der Waals surface area contributed by atoms with Crippen molar-refractivity contribution in [1.82, 2.24) is 5.32 Å². The first kappa shape index (κ1) is 25.9. The summed E-state index contributed by atoms with van der Waals surface area (Å²) in [6.07, 6.45) is 6.06. The molecule has 8 nitrogen and oxygen atoms in total. The lowest BCUT2D eigenvalue weighted by atomic mass is 10.1. The van der Waals surface area contributed by atoms with Crippen LogP contribution in [-0.2, 0) is 23.9 Å². The number of hydrogen-bond donors (Lipinski definition) is 2. The summed E-state index contributed by atoms with van der Waals surface area (Å²) in [7, 11) is 0. The van der Waals surface area contributed by atoms with E-state index in [0.717, 1.165) is 44.9 Å². The molecule has 0 aliphatic heterocycles. The van der Waals surface area contributed by atoms with Crippen LogP contribution in [0.5, 0.6) is 0 Å². The molecule has 8 heteroatoms. The third-order valence-corrected chi connectivity index (χ3v) is 3.73. The predicted octanol–water partition coefficient (Wildman–Crippen LogP) is 3.61. The number of nitrogens with one attached hydrogen (secondary N) is 1. The van der Waals surface area contributed by atoms with E-state index in [4.69, 9.17) is 14.6 Å². The number of ketones is 1. The molecular formula is C20H35NO7. The standard InChI is InChI=1S/C20H35NO7/c1-20(2,3)28-19(26)21-15-16(22)12-13-18(25)27-14-10-8-6-4-5-7-9-11-17(23)24/h4-15H2,1-3H3,(H,21,26)(H,23,24). The quantitative estimate of drug-likeness (QED) is 0.318. The lowest BCUT2D eigenvalue weighted by Gasteiger charge is -2.19. The SMILES string of the molecule is CC(C)(C)OC(=O)NCC(=O)CCC(=O)OCCCCCCCCCC(=O)O. The maximum Gasteiger partial charge on any atom is 0.408 e. The number of Topliss-reactive ketones (excluding diaryl/α,β-unsaturated/α-hetero) is 1. The first-order valence-electron chi connectivity index (χ1n) is 9.96. The zero-order valence-electron chi connectivity index (χ0n) is 17.4. The maximum absolute atomic E-state index is 11.7. The second-order valence-electron chi connectivity index (χ2n) is 7.73. The monoisotopic (exact) mass is 401 g/mol. The molecule has 0 saturated heterocycles. The van der Waals surface area contributed by atoms with Gasteiger partial charge < -0.3 is 19.9 Å². The van der Waals surface area contributed by atoms with Crippen LogP contribution in [0.25, 0.3) is 0 Å². The van der Waals surface area contributed by atoms with Crippen molar-refractivity contribution < 1.29 is 33.8 Å². The molecule has 0 unspecified atom stereocenters. The minimum atomic E-state index is -0.747. The Bertz CT molecular complexity index is 497. The van der Waals surface area contributed by atoms with Crippen LogP contribution in [0.3, 0.4) is 0 Å². The molecule has 0 atom stereocenters. The number of aliphatic carboxylic acids is 1. The molecule has 0 aliphatic carbocycles. The van der Waals surface area contributed by atoms with Crippen molar-refractivity contribution in [3.63, 3.8) is 0 Å². The molecule has 0 fully saturated rings. The molecule has 162 valence electrons. The minimum Gasteiger partial charge on any atom is -0.481 e. The van der Waals surface area contributed by atoms with E-state index in [-0.39, 0.29) is 31.6 Å². The van der Waals surface area contributed by atoms with E-state index in [1.165, 1.54) is 0 Å². The van der Waals surface area contributed by atoms with Crippen molar-refractivity contribution >= 4 is 23.8 Å². The Hall–Kier alpha value is -2.12. The van der Waals surface area contributed by atoms with Gasteiger partial charge in [-0.05, 0) is 33.6 Å². The molecule has 28 heavy (non-hydrogen) atoms. The van der Waals surface area contributed by atoms with Crippen LogP contribution in [0, 0.1) is 0 Å². The molecule has 0 rings (SSSR count).